The second kappa shape index (κ2) is 6.38. The monoisotopic (exact) mass is 224 g/mol. The summed E-state index contributed by atoms with van der Waals surface area (Å²) in [5, 5.41) is 0. The number of ether oxygens (including phenoxy) is 1. The normalized spacial score (nSPS) is 12.4. The van der Waals surface area contributed by atoms with E-state index in [4.69, 9.17) is 4.74 Å². The molecule has 16 heavy (non-hydrogen) atoms. The molecule has 0 saturated heterocycles. The summed E-state index contributed by atoms with van der Waals surface area (Å²) in [6.45, 7) is 1.99. The predicted octanol–water partition coefficient (Wildman–Crippen LogP) is 2.75. The van der Waals surface area contributed by atoms with Crippen LogP contribution in [0.5, 0.6) is 0 Å². The highest BCUT2D eigenvalue weighted by molar-refractivity contribution is 5.85. The highest BCUT2D eigenvalue weighted by atomic mass is 19.1. The van der Waals surface area contributed by atoms with Crippen molar-refractivity contribution in [3.8, 4) is 0 Å². The number of hydrogen-bond acceptors (Lipinski definition) is 2. The number of halogens is 1. The highest BCUT2D eigenvalue weighted by Gasteiger charge is 2.18. The van der Waals surface area contributed by atoms with Gasteiger partial charge in [0.15, 0.2) is 5.78 Å². The molecule has 0 bridgehead atoms. The van der Waals surface area contributed by atoms with Gasteiger partial charge in [0.05, 0.1) is 0 Å². The van der Waals surface area contributed by atoms with Crippen LogP contribution in [0.1, 0.15) is 25.3 Å². The van der Waals surface area contributed by atoms with E-state index in [0.29, 0.717) is 12.0 Å². The van der Waals surface area contributed by atoms with Crippen LogP contribution in [-0.4, -0.2) is 19.0 Å². The quantitative estimate of drug-likeness (QED) is 0.742. The topological polar surface area (TPSA) is 26.3 Å². The number of methoxy groups -OCH3 is 1. The molecule has 0 spiro atoms. The maximum absolute atomic E-state index is 13.3. The molecular weight excluding hydrogens is 207 g/mol. The summed E-state index contributed by atoms with van der Waals surface area (Å²) in [5.41, 5.74) is 0.436. The molecule has 0 aromatic heterocycles. The summed E-state index contributed by atoms with van der Waals surface area (Å²) >= 11 is 0. The maximum atomic E-state index is 13.3. The molecule has 0 saturated carbocycles. The number of rotatable bonds is 6. The van der Waals surface area contributed by atoms with Gasteiger partial charge in [-0.3, -0.25) is 4.79 Å². The Kier molecular flexibility index (Phi) is 5.12. The summed E-state index contributed by atoms with van der Waals surface area (Å²) in [4.78, 5) is 11.8. The first-order valence-electron chi connectivity index (χ1n) is 5.48. The number of Topliss-reactive ketones (excluding diaryl/α,β-unsaturated/α-hetero) is 1. The fourth-order valence-electron chi connectivity index (χ4n) is 1.62. The van der Waals surface area contributed by atoms with Crippen molar-refractivity contribution < 1.29 is 13.9 Å². The van der Waals surface area contributed by atoms with Gasteiger partial charge in [-0.15, -0.1) is 0 Å². The van der Waals surface area contributed by atoms with Crippen molar-refractivity contribution in [1.82, 2.24) is 0 Å². The average Bonchev–Trinajstić information content (AvgIpc) is 2.29. The molecule has 0 radical (unpaired) electrons. The third-order valence-electron chi connectivity index (χ3n) is 2.52. The van der Waals surface area contributed by atoms with Gasteiger partial charge < -0.3 is 4.74 Å². The van der Waals surface area contributed by atoms with E-state index in [1.54, 1.807) is 18.2 Å². The molecule has 0 N–H and O–H groups in total. The van der Waals surface area contributed by atoms with Gasteiger partial charge in [-0.05, 0) is 18.1 Å². The van der Waals surface area contributed by atoms with E-state index in [0.717, 1.165) is 6.42 Å². The van der Waals surface area contributed by atoms with E-state index < -0.39 is 6.10 Å². The lowest BCUT2D eigenvalue weighted by atomic mass is 10.0. The molecule has 0 aliphatic heterocycles. The van der Waals surface area contributed by atoms with Crippen LogP contribution in [-0.2, 0) is 16.0 Å². The van der Waals surface area contributed by atoms with Gasteiger partial charge in [0, 0.05) is 13.5 Å². The third kappa shape index (κ3) is 3.42. The lowest BCUT2D eigenvalue weighted by Gasteiger charge is -2.13. The molecule has 1 atom stereocenters. The first-order chi connectivity index (χ1) is 7.69. The largest absolute Gasteiger partial charge is 0.374 e. The molecule has 0 heterocycles. The molecule has 0 amide bonds. The number of benzene rings is 1. The van der Waals surface area contributed by atoms with Gasteiger partial charge in [-0.1, -0.05) is 31.5 Å². The van der Waals surface area contributed by atoms with E-state index in [2.05, 4.69) is 0 Å². The molecule has 0 aliphatic rings. The van der Waals surface area contributed by atoms with E-state index >= 15 is 0 Å². The Morgan fingerprint density at radius 2 is 2.12 bits per heavy atom. The standard InChI is InChI=1S/C13H17FO2/c1-3-6-13(16-2)12(15)9-10-7-4-5-8-11(10)14/h4-5,7-8,13H,3,6,9H2,1-2H3. The number of ketones is 1. The Hall–Kier alpha value is -1.22. The van der Waals surface area contributed by atoms with Crippen molar-refractivity contribution in [1.29, 1.82) is 0 Å². The predicted molar refractivity (Wildman–Crippen MR) is 60.8 cm³/mol. The molecule has 1 rings (SSSR count). The van der Waals surface area contributed by atoms with Crippen LogP contribution in [0.25, 0.3) is 0 Å². The fraction of sp³-hybridized carbons (Fsp3) is 0.462. The minimum atomic E-state index is -0.412. The summed E-state index contributed by atoms with van der Waals surface area (Å²) in [6.07, 6.45) is 1.25. The maximum Gasteiger partial charge on any atom is 0.165 e. The van der Waals surface area contributed by atoms with Gasteiger partial charge in [0.2, 0.25) is 0 Å². The fourth-order valence-corrected chi connectivity index (χ4v) is 1.62. The molecule has 1 unspecified atom stereocenters. The molecular formula is C13H17FO2. The Bertz CT molecular complexity index is 350. The molecule has 0 fully saturated rings. The molecule has 1 aromatic rings. The van der Waals surface area contributed by atoms with E-state index in [1.165, 1.54) is 13.2 Å². The van der Waals surface area contributed by atoms with Crippen LogP contribution in [0, 0.1) is 5.82 Å². The van der Waals surface area contributed by atoms with Crippen LogP contribution in [0.2, 0.25) is 0 Å². The van der Waals surface area contributed by atoms with E-state index in [1.807, 2.05) is 6.92 Å². The average molecular weight is 224 g/mol. The van der Waals surface area contributed by atoms with Gasteiger partial charge >= 0.3 is 0 Å². The summed E-state index contributed by atoms with van der Waals surface area (Å²) in [6, 6.07) is 6.34. The second-order valence-corrected chi connectivity index (χ2v) is 3.75. The smallest absolute Gasteiger partial charge is 0.165 e. The Labute approximate surface area is 95.4 Å². The number of hydrogen-bond donors (Lipinski definition) is 0. The summed E-state index contributed by atoms with van der Waals surface area (Å²) in [7, 11) is 1.51. The van der Waals surface area contributed by atoms with E-state index in [-0.39, 0.29) is 18.0 Å². The summed E-state index contributed by atoms with van der Waals surface area (Å²) < 4.78 is 18.4. The number of carbonyl (C=O) groups is 1. The zero-order valence-corrected chi connectivity index (χ0v) is 9.70. The molecule has 2 nitrogen and oxygen atoms in total. The van der Waals surface area contributed by atoms with E-state index in [9.17, 15) is 9.18 Å². The Morgan fingerprint density at radius 3 is 2.69 bits per heavy atom. The summed E-state index contributed by atoms with van der Waals surface area (Å²) in [5.74, 6) is -0.392. The second-order valence-electron chi connectivity index (χ2n) is 3.75. The van der Waals surface area contributed by atoms with Crippen LogP contribution < -0.4 is 0 Å². The molecule has 0 aliphatic carbocycles. The Morgan fingerprint density at radius 1 is 1.44 bits per heavy atom. The molecule has 88 valence electrons. The zero-order valence-electron chi connectivity index (χ0n) is 9.70. The van der Waals surface area contributed by atoms with Crippen molar-refractivity contribution in [3.05, 3.63) is 35.6 Å². The Balaban J connectivity index is 2.66. The lowest BCUT2D eigenvalue weighted by Crippen LogP contribution is -2.24. The zero-order chi connectivity index (χ0) is 12.0. The van der Waals surface area contributed by atoms with Crippen molar-refractivity contribution in [2.45, 2.75) is 32.3 Å². The van der Waals surface area contributed by atoms with Crippen molar-refractivity contribution in [2.75, 3.05) is 7.11 Å². The third-order valence-corrected chi connectivity index (χ3v) is 2.52. The minimum Gasteiger partial charge on any atom is -0.374 e. The van der Waals surface area contributed by atoms with Crippen LogP contribution in [0.3, 0.4) is 0 Å². The van der Waals surface area contributed by atoms with Crippen LogP contribution in [0.15, 0.2) is 24.3 Å². The lowest BCUT2D eigenvalue weighted by molar-refractivity contribution is -0.128. The van der Waals surface area contributed by atoms with Crippen molar-refractivity contribution >= 4 is 5.78 Å². The SMILES string of the molecule is CCCC(OC)C(=O)Cc1ccccc1F. The van der Waals surface area contributed by atoms with Crippen LogP contribution in [0.4, 0.5) is 4.39 Å². The van der Waals surface area contributed by atoms with Gasteiger partial charge in [-0.2, -0.15) is 0 Å². The first kappa shape index (κ1) is 12.8. The van der Waals surface area contributed by atoms with Crippen molar-refractivity contribution in [3.63, 3.8) is 0 Å². The number of carbonyl (C=O) groups excluding carboxylic acids is 1. The highest BCUT2D eigenvalue weighted by Crippen LogP contribution is 2.11. The van der Waals surface area contributed by atoms with Gasteiger partial charge in [-0.25, -0.2) is 4.39 Å². The van der Waals surface area contributed by atoms with Crippen molar-refractivity contribution in [2.24, 2.45) is 0 Å². The van der Waals surface area contributed by atoms with Crippen LogP contribution >= 0.6 is 0 Å². The van der Waals surface area contributed by atoms with Gasteiger partial charge in [0.1, 0.15) is 11.9 Å². The van der Waals surface area contributed by atoms with Gasteiger partial charge in [0.25, 0.3) is 0 Å². The minimum absolute atomic E-state index is 0.0607. The first-order valence-corrected chi connectivity index (χ1v) is 5.48. The molecule has 3 heteroatoms. The molecule has 1 aromatic carbocycles.